The van der Waals surface area contributed by atoms with E-state index in [1.54, 1.807) is 36.4 Å². The lowest BCUT2D eigenvalue weighted by atomic mass is 10.1. The van der Waals surface area contributed by atoms with Gasteiger partial charge in [0.05, 0.1) is 0 Å². The molecule has 7 nitrogen and oxygen atoms in total. The molecule has 0 unspecified atom stereocenters. The number of nitrogens with one attached hydrogen (secondary N) is 2. The number of alkyl carbamates (subject to hydrolysis) is 1. The van der Waals surface area contributed by atoms with Crippen LogP contribution < -0.4 is 10.6 Å². The van der Waals surface area contributed by atoms with E-state index in [0.29, 0.717) is 11.3 Å². The van der Waals surface area contributed by atoms with Crippen molar-refractivity contribution in [3.05, 3.63) is 78.4 Å². The number of carbonyl (C=O) groups is 3. The van der Waals surface area contributed by atoms with E-state index in [1.807, 2.05) is 18.2 Å². The van der Waals surface area contributed by atoms with Gasteiger partial charge in [0.1, 0.15) is 12.6 Å². The number of benzene rings is 2. The SMILES string of the molecule is C=CC(=O)Nc1ccc(C[C@H](NC(=O)OCc2ccccc2)C(=O)O)cc1. The van der Waals surface area contributed by atoms with Crippen LogP contribution >= 0.6 is 0 Å². The van der Waals surface area contributed by atoms with Crippen LogP contribution in [0.2, 0.25) is 0 Å². The Kier molecular flexibility index (Phi) is 7.13. The highest BCUT2D eigenvalue weighted by Crippen LogP contribution is 2.12. The molecule has 0 heterocycles. The number of carboxylic acid groups (broad SMARTS) is 1. The highest BCUT2D eigenvalue weighted by atomic mass is 16.5. The molecule has 0 radical (unpaired) electrons. The number of hydrogen-bond acceptors (Lipinski definition) is 4. The molecule has 0 aliphatic carbocycles. The molecule has 0 aliphatic heterocycles. The molecule has 0 spiro atoms. The largest absolute Gasteiger partial charge is 0.480 e. The van der Waals surface area contributed by atoms with Crippen molar-refractivity contribution in [2.75, 3.05) is 5.32 Å². The van der Waals surface area contributed by atoms with E-state index in [0.717, 1.165) is 11.6 Å². The van der Waals surface area contributed by atoms with Crippen molar-refractivity contribution in [2.24, 2.45) is 0 Å². The maximum Gasteiger partial charge on any atom is 0.408 e. The first kappa shape index (κ1) is 19.7. The van der Waals surface area contributed by atoms with Crippen LogP contribution in [0.15, 0.2) is 67.3 Å². The molecule has 2 rings (SSSR count). The number of carbonyl (C=O) groups excluding carboxylic acids is 2. The number of rotatable bonds is 8. The van der Waals surface area contributed by atoms with Gasteiger partial charge in [-0.3, -0.25) is 4.79 Å². The first-order chi connectivity index (χ1) is 13.0. The molecule has 0 fully saturated rings. The van der Waals surface area contributed by atoms with Crippen molar-refractivity contribution in [2.45, 2.75) is 19.1 Å². The van der Waals surface area contributed by atoms with Crippen molar-refractivity contribution < 1.29 is 24.2 Å². The third kappa shape index (κ3) is 6.66. The fraction of sp³-hybridized carbons (Fsp3) is 0.150. The summed E-state index contributed by atoms with van der Waals surface area (Å²) >= 11 is 0. The number of carboxylic acids is 1. The zero-order valence-corrected chi connectivity index (χ0v) is 14.6. The fourth-order valence-electron chi connectivity index (χ4n) is 2.26. The van der Waals surface area contributed by atoms with Crippen LogP contribution in [0.3, 0.4) is 0 Å². The summed E-state index contributed by atoms with van der Waals surface area (Å²) in [6, 6.07) is 14.6. The molecular formula is C20H20N2O5. The highest BCUT2D eigenvalue weighted by molar-refractivity contribution is 5.98. The fourth-order valence-corrected chi connectivity index (χ4v) is 2.26. The summed E-state index contributed by atoms with van der Waals surface area (Å²) in [6.07, 6.45) is 0.422. The maximum atomic E-state index is 11.9. The number of anilines is 1. The van der Waals surface area contributed by atoms with Crippen LogP contribution in [0.1, 0.15) is 11.1 Å². The van der Waals surface area contributed by atoms with E-state index < -0.39 is 18.1 Å². The number of aliphatic carboxylic acids is 1. The van der Waals surface area contributed by atoms with Crippen molar-refractivity contribution in [1.82, 2.24) is 5.32 Å². The Morgan fingerprint density at radius 3 is 2.30 bits per heavy atom. The monoisotopic (exact) mass is 368 g/mol. The second-order valence-corrected chi connectivity index (χ2v) is 5.69. The van der Waals surface area contributed by atoms with Crippen LogP contribution in [0.25, 0.3) is 0 Å². The molecule has 2 aromatic carbocycles. The lowest BCUT2D eigenvalue weighted by molar-refractivity contribution is -0.139. The molecule has 0 aliphatic rings. The number of amides is 2. The van der Waals surface area contributed by atoms with Gasteiger partial charge in [0.2, 0.25) is 5.91 Å². The maximum absolute atomic E-state index is 11.9. The summed E-state index contributed by atoms with van der Waals surface area (Å²) in [7, 11) is 0. The molecular weight excluding hydrogens is 348 g/mol. The Balaban J connectivity index is 1.90. The molecule has 3 N–H and O–H groups in total. The normalized spacial score (nSPS) is 11.1. The smallest absolute Gasteiger partial charge is 0.408 e. The molecule has 0 saturated carbocycles. The first-order valence-corrected chi connectivity index (χ1v) is 8.20. The lowest BCUT2D eigenvalue weighted by Gasteiger charge is -2.15. The molecule has 2 aromatic rings. The van der Waals surface area contributed by atoms with E-state index in [9.17, 15) is 19.5 Å². The van der Waals surface area contributed by atoms with Gasteiger partial charge in [0.15, 0.2) is 0 Å². The average molecular weight is 368 g/mol. The van der Waals surface area contributed by atoms with Gasteiger partial charge in [-0.25, -0.2) is 9.59 Å². The zero-order chi connectivity index (χ0) is 19.6. The molecule has 2 amide bonds. The van der Waals surface area contributed by atoms with Crippen LogP contribution in [0.4, 0.5) is 10.5 Å². The number of hydrogen-bond donors (Lipinski definition) is 3. The third-order valence-corrected chi connectivity index (χ3v) is 3.65. The minimum absolute atomic E-state index is 0.0523. The molecule has 140 valence electrons. The second-order valence-electron chi connectivity index (χ2n) is 5.69. The van der Waals surface area contributed by atoms with E-state index in [4.69, 9.17) is 4.74 Å². The first-order valence-electron chi connectivity index (χ1n) is 8.20. The third-order valence-electron chi connectivity index (χ3n) is 3.65. The van der Waals surface area contributed by atoms with Crippen molar-refractivity contribution >= 4 is 23.7 Å². The van der Waals surface area contributed by atoms with Crippen molar-refractivity contribution in [3.8, 4) is 0 Å². The Bertz CT molecular complexity index is 803. The van der Waals surface area contributed by atoms with Gasteiger partial charge in [-0.15, -0.1) is 0 Å². The van der Waals surface area contributed by atoms with Crippen LogP contribution in [0, 0.1) is 0 Å². The van der Waals surface area contributed by atoms with Gasteiger partial charge in [-0.2, -0.15) is 0 Å². The molecule has 1 atom stereocenters. The topological polar surface area (TPSA) is 105 Å². The van der Waals surface area contributed by atoms with E-state index in [2.05, 4.69) is 17.2 Å². The van der Waals surface area contributed by atoms with E-state index in [1.165, 1.54) is 0 Å². The minimum Gasteiger partial charge on any atom is -0.480 e. The van der Waals surface area contributed by atoms with Crippen molar-refractivity contribution in [1.29, 1.82) is 0 Å². The van der Waals surface area contributed by atoms with Crippen LogP contribution in [-0.4, -0.2) is 29.1 Å². The summed E-state index contributed by atoms with van der Waals surface area (Å²) in [5.41, 5.74) is 2.05. The van der Waals surface area contributed by atoms with Gasteiger partial charge in [0, 0.05) is 12.1 Å². The summed E-state index contributed by atoms with van der Waals surface area (Å²) < 4.78 is 5.05. The number of ether oxygens (including phenoxy) is 1. The Morgan fingerprint density at radius 1 is 1.04 bits per heavy atom. The summed E-state index contributed by atoms with van der Waals surface area (Å²) in [6.45, 7) is 3.42. The van der Waals surface area contributed by atoms with E-state index in [-0.39, 0.29) is 18.9 Å². The molecule has 27 heavy (non-hydrogen) atoms. The van der Waals surface area contributed by atoms with Crippen LogP contribution in [0.5, 0.6) is 0 Å². The quantitative estimate of drug-likeness (QED) is 0.622. The second kappa shape index (κ2) is 9.76. The Hall–Kier alpha value is -3.61. The Labute approximate surface area is 156 Å². The lowest BCUT2D eigenvalue weighted by Crippen LogP contribution is -2.42. The van der Waals surface area contributed by atoms with Gasteiger partial charge in [0.25, 0.3) is 0 Å². The zero-order valence-electron chi connectivity index (χ0n) is 14.6. The summed E-state index contributed by atoms with van der Waals surface area (Å²) in [5.74, 6) is -1.51. The van der Waals surface area contributed by atoms with E-state index >= 15 is 0 Å². The molecule has 0 saturated heterocycles. The summed E-state index contributed by atoms with van der Waals surface area (Å²) in [4.78, 5) is 34.6. The predicted octanol–water partition coefficient (Wildman–Crippen LogP) is 2.73. The predicted molar refractivity (Wildman–Crippen MR) is 100 cm³/mol. The van der Waals surface area contributed by atoms with Gasteiger partial charge >= 0.3 is 12.1 Å². The highest BCUT2D eigenvalue weighted by Gasteiger charge is 2.21. The Morgan fingerprint density at radius 2 is 1.70 bits per heavy atom. The standard InChI is InChI=1S/C20H20N2O5/c1-2-18(23)21-16-10-8-14(9-11-16)12-17(19(24)25)22-20(26)27-13-15-6-4-3-5-7-15/h2-11,17H,1,12-13H2,(H,21,23)(H,22,26)(H,24,25)/t17-/m0/s1. The summed E-state index contributed by atoms with van der Waals surface area (Å²) in [5, 5.41) is 14.3. The van der Waals surface area contributed by atoms with Crippen LogP contribution in [-0.2, 0) is 27.4 Å². The molecule has 0 bridgehead atoms. The molecule has 7 heteroatoms. The van der Waals surface area contributed by atoms with Gasteiger partial charge in [-0.1, -0.05) is 49.0 Å². The average Bonchev–Trinajstić information content (AvgIpc) is 2.68. The minimum atomic E-state index is -1.17. The van der Waals surface area contributed by atoms with Crippen molar-refractivity contribution in [3.63, 3.8) is 0 Å². The molecule has 0 aromatic heterocycles. The van der Waals surface area contributed by atoms with Gasteiger partial charge in [-0.05, 0) is 29.3 Å². The van der Waals surface area contributed by atoms with Gasteiger partial charge < -0.3 is 20.5 Å².